The van der Waals surface area contributed by atoms with Crippen molar-refractivity contribution in [2.75, 3.05) is 75.9 Å². The van der Waals surface area contributed by atoms with Gasteiger partial charge in [0, 0.05) is 51.9 Å². The number of hydrogen-bond donors (Lipinski definition) is 0. The van der Waals surface area contributed by atoms with Crippen LogP contribution in [0.15, 0.2) is 36.4 Å². The predicted octanol–water partition coefficient (Wildman–Crippen LogP) is 4.27. The number of likely N-dealkylation sites (N-methyl/N-ethyl adjacent to an activating group) is 1. The molecule has 1 aliphatic carbocycles. The number of piperidine rings is 1. The lowest BCUT2D eigenvalue weighted by atomic mass is 9.84. The molecule has 0 spiro atoms. The van der Waals surface area contributed by atoms with Gasteiger partial charge >= 0.3 is 0 Å². The monoisotopic (exact) mass is 475 g/mol. The van der Waals surface area contributed by atoms with Gasteiger partial charge in [-0.05, 0) is 74.4 Å². The molecule has 0 bridgehead atoms. The molecule has 2 aromatic rings. The quantitative estimate of drug-likeness (QED) is 0.657. The Morgan fingerprint density at radius 2 is 1.66 bits per heavy atom. The van der Waals surface area contributed by atoms with E-state index in [2.05, 4.69) is 63.0 Å². The maximum atomic E-state index is 6.04. The van der Waals surface area contributed by atoms with Gasteiger partial charge in [-0.1, -0.05) is 24.3 Å². The lowest BCUT2D eigenvalue weighted by Gasteiger charge is -2.41. The van der Waals surface area contributed by atoms with Crippen LogP contribution < -0.4 is 9.80 Å². The highest BCUT2D eigenvalue weighted by molar-refractivity contribution is 5.51. The highest BCUT2D eigenvalue weighted by Gasteiger charge is 2.31. The molecule has 0 amide bonds. The Morgan fingerprint density at radius 3 is 2.51 bits per heavy atom. The number of ether oxygens (including phenoxy) is 1. The van der Waals surface area contributed by atoms with Crippen LogP contribution in [-0.4, -0.2) is 80.9 Å². The van der Waals surface area contributed by atoms with Crippen LogP contribution in [0.4, 0.5) is 11.6 Å². The van der Waals surface area contributed by atoms with E-state index in [1.807, 2.05) is 0 Å². The van der Waals surface area contributed by atoms with Gasteiger partial charge in [-0.2, -0.15) is 0 Å². The molecule has 0 N–H and O–H groups in total. The molecule has 4 aliphatic rings. The first-order valence-electron chi connectivity index (χ1n) is 13.9. The summed E-state index contributed by atoms with van der Waals surface area (Å²) in [5.74, 6) is 2.22. The summed E-state index contributed by atoms with van der Waals surface area (Å²) in [6.45, 7) is 9.34. The van der Waals surface area contributed by atoms with Crippen LogP contribution in [-0.2, 0) is 11.2 Å². The second-order valence-corrected chi connectivity index (χ2v) is 10.9. The highest BCUT2D eigenvalue weighted by atomic mass is 16.5. The molecule has 3 fully saturated rings. The molecular weight excluding hydrogens is 434 g/mol. The minimum atomic E-state index is 0.216. The van der Waals surface area contributed by atoms with Gasteiger partial charge < -0.3 is 19.4 Å². The summed E-state index contributed by atoms with van der Waals surface area (Å²) in [6, 6.07) is 14.6. The molecule has 3 saturated heterocycles. The van der Waals surface area contributed by atoms with Crippen molar-refractivity contribution in [1.82, 2.24) is 14.8 Å². The topological polar surface area (TPSA) is 35.1 Å². The molecule has 6 heteroatoms. The number of anilines is 2. The van der Waals surface area contributed by atoms with E-state index in [1.54, 1.807) is 11.1 Å². The standard InChI is InChI=1S/C29H41N5O/c1-31-15-17-32(18-16-31)26-8-5-7-23-11-12-24(21-25(23)26)27-22-35-20-19-34(27)29-10-6-9-28(30-29)33-13-3-2-4-14-33/h6,9-12,21,26-27H,2-5,7-8,13-20,22H2,1H3. The average molecular weight is 476 g/mol. The van der Waals surface area contributed by atoms with Gasteiger partial charge in [0.2, 0.25) is 0 Å². The Hall–Kier alpha value is -2.15. The SMILES string of the molecule is CN1CCN(C2CCCc3ccc(C4COCCN4c4cccc(N5CCCCC5)n4)cc32)CC1. The van der Waals surface area contributed by atoms with Gasteiger partial charge in [0.05, 0.1) is 19.3 Å². The summed E-state index contributed by atoms with van der Waals surface area (Å²) in [5, 5.41) is 0. The Kier molecular flexibility index (Phi) is 6.95. The maximum absolute atomic E-state index is 6.04. The van der Waals surface area contributed by atoms with Crippen LogP contribution in [0, 0.1) is 0 Å². The number of aromatic nitrogens is 1. The zero-order chi connectivity index (χ0) is 23.6. The second-order valence-electron chi connectivity index (χ2n) is 10.9. The van der Waals surface area contributed by atoms with Gasteiger partial charge in [0.25, 0.3) is 0 Å². The molecule has 6 nitrogen and oxygen atoms in total. The van der Waals surface area contributed by atoms with Crippen molar-refractivity contribution in [3.8, 4) is 0 Å². The number of benzene rings is 1. The number of pyridine rings is 1. The summed E-state index contributed by atoms with van der Waals surface area (Å²) in [4.78, 5) is 15.3. The molecule has 0 saturated carbocycles. The Balaban J connectivity index is 1.28. The molecule has 6 rings (SSSR count). The molecule has 2 atom stereocenters. The number of fused-ring (bicyclic) bond motifs is 1. The minimum absolute atomic E-state index is 0.216. The second kappa shape index (κ2) is 10.5. The van der Waals surface area contributed by atoms with Crippen LogP contribution >= 0.6 is 0 Å². The van der Waals surface area contributed by atoms with E-state index in [4.69, 9.17) is 9.72 Å². The summed E-state index contributed by atoms with van der Waals surface area (Å²) in [7, 11) is 2.25. The van der Waals surface area contributed by atoms with Crippen molar-refractivity contribution in [3.05, 3.63) is 53.1 Å². The number of morpholine rings is 1. The lowest BCUT2D eigenvalue weighted by molar-refractivity contribution is 0.0930. The van der Waals surface area contributed by atoms with Gasteiger partial charge in [-0.3, -0.25) is 4.90 Å². The van der Waals surface area contributed by atoms with Crippen molar-refractivity contribution in [3.63, 3.8) is 0 Å². The number of rotatable bonds is 4. The van der Waals surface area contributed by atoms with Crippen LogP contribution in [0.2, 0.25) is 0 Å². The molecule has 1 aromatic heterocycles. The number of aryl methyl sites for hydroxylation is 1. The highest BCUT2D eigenvalue weighted by Crippen LogP contribution is 2.38. The number of piperazine rings is 1. The molecule has 2 unspecified atom stereocenters. The van der Waals surface area contributed by atoms with Crippen molar-refractivity contribution >= 4 is 11.6 Å². The minimum Gasteiger partial charge on any atom is -0.377 e. The summed E-state index contributed by atoms with van der Waals surface area (Å²) < 4.78 is 6.04. The van der Waals surface area contributed by atoms with Crippen molar-refractivity contribution in [1.29, 1.82) is 0 Å². The molecule has 35 heavy (non-hydrogen) atoms. The van der Waals surface area contributed by atoms with Crippen molar-refractivity contribution in [2.24, 2.45) is 0 Å². The Morgan fingerprint density at radius 1 is 0.829 bits per heavy atom. The summed E-state index contributed by atoms with van der Waals surface area (Å²) in [5.41, 5.74) is 4.51. The molecule has 4 heterocycles. The molecule has 0 radical (unpaired) electrons. The summed E-state index contributed by atoms with van der Waals surface area (Å²) in [6.07, 6.45) is 7.68. The van der Waals surface area contributed by atoms with Crippen LogP contribution in [0.1, 0.15) is 60.9 Å². The zero-order valence-corrected chi connectivity index (χ0v) is 21.4. The zero-order valence-electron chi connectivity index (χ0n) is 21.4. The van der Waals surface area contributed by atoms with Gasteiger partial charge in [0.15, 0.2) is 0 Å². The summed E-state index contributed by atoms with van der Waals surface area (Å²) >= 11 is 0. The first-order chi connectivity index (χ1) is 17.3. The third-order valence-electron chi connectivity index (χ3n) is 8.64. The van der Waals surface area contributed by atoms with Crippen LogP contribution in [0.3, 0.4) is 0 Å². The molecule has 3 aliphatic heterocycles. The number of hydrogen-bond acceptors (Lipinski definition) is 6. The van der Waals surface area contributed by atoms with Crippen molar-refractivity contribution in [2.45, 2.75) is 50.6 Å². The molecule has 188 valence electrons. The smallest absolute Gasteiger partial charge is 0.131 e. The predicted molar refractivity (Wildman–Crippen MR) is 142 cm³/mol. The Labute approximate surface area is 210 Å². The lowest BCUT2D eigenvalue weighted by Crippen LogP contribution is -2.46. The van der Waals surface area contributed by atoms with Crippen LogP contribution in [0.5, 0.6) is 0 Å². The normalized spacial score (nSPS) is 26.5. The fraction of sp³-hybridized carbons (Fsp3) is 0.621. The first kappa shape index (κ1) is 23.3. The van der Waals surface area contributed by atoms with E-state index in [1.165, 1.54) is 70.3 Å². The van der Waals surface area contributed by atoms with E-state index < -0.39 is 0 Å². The van der Waals surface area contributed by atoms with Gasteiger partial charge in [0.1, 0.15) is 11.6 Å². The van der Waals surface area contributed by atoms with Crippen molar-refractivity contribution < 1.29 is 4.74 Å². The molecule has 1 aromatic carbocycles. The molecular formula is C29H41N5O. The fourth-order valence-electron chi connectivity index (χ4n) is 6.54. The van der Waals surface area contributed by atoms with E-state index >= 15 is 0 Å². The number of nitrogens with zero attached hydrogens (tertiary/aromatic N) is 5. The largest absolute Gasteiger partial charge is 0.377 e. The third-order valence-corrected chi connectivity index (χ3v) is 8.64. The van der Waals surface area contributed by atoms with E-state index in [0.29, 0.717) is 6.04 Å². The van der Waals surface area contributed by atoms with Gasteiger partial charge in [-0.15, -0.1) is 0 Å². The van der Waals surface area contributed by atoms with E-state index in [-0.39, 0.29) is 6.04 Å². The average Bonchev–Trinajstić information content (AvgIpc) is 2.93. The van der Waals surface area contributed by atoms with E-state index in [9.17, 15) is 0 Å². The van der Waals surface area contributed by atoms with Gasteiger partial charge in [-0.25, -0.2) is 4.98 Å². The first-order valence-corrected chi connectivity index (χ1v) is 13.9. The maximum Gasteiger partial charge on any atom is 0.131 e. The third kappa shape index (κ3) is 4.93. The van der Waals surface area contributed by atoms with Crippen LogP contribution in [0.25, 0.3) is 0 Å². The fourth-order valence-corrected chi connectivity index (χ4v) is 6.54. The Bertz CT molecular complexity index is 998. The van der Waals surface area contributed by atoms with E-state index in [0.717, 1.165) is 44.5 Å².